The molecule has 0 unspecified atom stereocenters. The van der Waals surface area contributed by atoms with Gasteiger partial charge in [-0.2, -0.15) is 4.39 Å². The van der Waals surface area contributed by atoms with Gasteiger partial charge in [0, 0.05) is 23.2 Å². The molecule has 0 fully saturated rings. The summed E-state index contributed by atoms with van der Waals surface area (Å²) < 4.78 is 20.0. The van der Waals surface area contributed by atoms with Crippen LogP contribution < -0.4 is 4.74 Å². The summed E-state index contributed by atoms with van der Waals surface area (Å²) in [5.41, 5.74) is 2.45. The molecular formula is C21H15FN2O3. The maximum atomic E-state index is 13.1. The third-order valence-electron chi connectivity index (χ3n) is 4.24. The van der Waals surface area contributed by atoms with Crippen LogP contribution in [-0.4, -0.2) is 20.8 Å². The molecule has 0 atom stereocenters. The summed E-state index contributed by atoms with van der Waals surface area (Å²) in [6.45, 7) is 0.384. The van der Waals surface area contributed by atoms with Crippen molar-refractivity contribution < 1.29 is 19.0 Å². The standard InChI is InChI=1S/C21H15FN2O3/c22-20-9-7-16(12-23-20)18-10-15-6-8-17(11-19(15)24(18)21(25)26)27-13-14-4-2-1-3-5-14/h1-12H,13H2,(H,25,26). The van der Waals surface area contributed by atoms with E-state index in [1.54, 1.807) is 24.3 Å². The fraction of sp³-hybridized carbons (Fsp3) is 0.0476. The number of ether oxygens (including phenoxy) is 1. The van der Waals surface area contributed by atoms with Gasteiger partial charge in [-0.1, -0.05) is 30.3 Å². The lowest BCUT2D eigenvalue weighted by Crippen LogP contribution is -2.09. The summed E-state index contributed by atoms with van der Waals surface area (Å²) in [4.78, 5) is 15.5. The van der Waals surface area contributed by atoms with Crippen LogP contribution in [0.4, 0.5) is 9.18 Å². The second-order valence-electron chi connectivity index (χ2n) is 6.01. The van der Waals surface area contributed by atoms with Gasteiger partial charge in [0.15, 0.2) is 0 Å². The molecule has 4 aromatic rings. The maximum Gasteiger partial charge on any atom is 0.416 e. The number of fused-ring (bicyclic) bond motifs is 1. The Morgan fingerprint density at radius 1 is 1.07 bits per heavy atom. The van der Waals surface area contributed by atoms with Crippen molar-refractivity contribution >= 4 is 17.0 Å². The van der Waals surface area contributed by atoms with E-state index in [0.29, 0.717) is 29.1 Å². The molecule has 0 saturated carbocycles. The number of rotatable bonds is 4. The minimum Gasteiger partial charge on any atom is -0.489 e. The Kier molecular flexibility index (Phi) is 4.30. The third-order valence-corrected chi connectivity index (χ3v) is 4.24. The fourth-order valence-corrected chi connectivity index (χ4v) is 2.96. The Labute approximate surface area is 154 Å². The van der Waals surface area contributed by atoms with E-state index in [2.05, 4.69) is 4.98 Å². The van der Waals surface area contributed by atoms with Crippen molar-refractivity contribution in [3.05, 3.63) is 84.4 Å². The zero-order valence-corrected chi connectivity index (χ0v) is 14.2. The molecule has 5 nitrogen and oxygen atoms in total. The summed E-state index contributed by atoms with van der Waals surface area (Å²) >= 11 is 0. The van der Waals surface area contributed by atoms with E-state index in [1.165, 1.54) is 18.3 Å². The molecule has 6 heteroatoms. The van der Waals surface area contributed by atoms with E-state index in [1.807, 2.05) is 30.3 Å². The normalized spacial score (nSPS) is 10.9. The summed E-state index contributed by atoms with van der Waals surface area (Å²) in [5, 5.41) is 10.4. The van der Waals surface area contributed by atoms with Gasteiger partial charge in [0.25, 0.3) is 0 Å². The summed E-state index contributed by atoms with van der Waals surface area (Å²) in [6, 6.07) is 19.4. The lowest BCUT2D eigenvalue weighted by Gasteiger charge is -2.08. The highest BCUT2D eigenvalue weighted by molar-refractivity contribution is 5.96. The van der Waals surface area contributed by atoms with Gasteiger partial charge in [-0.15, -0.1) is 0 Å². The Balaban J connectivity index is 1.73. The van der Waals surface area contributed by atoms with Crippen molar-refractivity contribution in [2.45, 2.75) is 6.61 Å². The van der Waals surface area contributed by atoms with Crippen LogP contribution in [0.15, 0.2) is 72.9 Å². The molecule has 0 aliphatic rings. The SMILES string of the molecule is O=C(O)n1c(-c2ccc(F)nc2)cc2ccc(OCc3ccccc3)cc21. The number of hydrogen-bond donors (Lipinski definition) is 1. The van der Waals surface area contributed by atoms with Gasteiger partial charge in [-0.05, 0) is 35.9 Å². The first-order chi connectivity index (χ1) is 13.1. The van der Waals surface area contributed by atoms with Crippen molar-refractivity contribution in [1.82, 2.24) is 9.55 Å². The molecule has 27 heavy (non-hydrogen) atoms. The fourth-order valence-electron chi connectivity index (χ4n) is 2.96. The quantitative estimate of drug-likeness (QED) is 0.522. The molecule has 0 radical (unpaired) electrons. The molecule has 0 amide bonds. The Morgan fingerprint density at radius 3 is 2.59 bits per heavy atom. The van der Waals surface area contributed by atoms with E-state index in [-0.39, 0.29) is 0 Å². The highest BCUT2D eigenvalue weighted by Crippen LogP contribution is 2.30. The van der Waals surface area contributed by atoms with Crippen molar-refractivity contribution in [2.24, 2.45) is 0 Å². The highest BCUT2D eigenvalue weighted by Gasteiger charge is 2.17. The number of nitrogens with zero attached hydrogens (tertiary/aromatic N) is 2. The molecule has 4 rings (SSSR count). The smallest absolute Gasteiger partial charge is 0.416 e. The zero-order valence-electron chi connectivity index (χ0n) is 14.2. The summed E-state index contributed by atoms with van der Waals surface area (Å²) in [7, 11) is 0. The largest absolute Gasteiger partial charge is 0.489 e. The highest BCUT2D eigenvalue weighted by atomic mass is 19.1. The minimum absolute atomic E-state index is 0.384. The summed E-state index contributed by atoms with van der Waals surface area (Å²) in [6.07, 6.45) is 0.181. The minimum atomic E-state index is -1.13. The van der Waals surface area contributed by atoms with E-state index in [0.717, 1.165) is 15.5 Å². The Bertz CT molecular complexity index is 1110. The maximum absolute atomic E-state index is 13.1. The number of hydrogen-bond acceptors (Lipinski definition) is 3. The van der Waals surface area contributed by atoms with Gasteiger partial charge in [0.05, 0.1) is 11.2 Å². The van der Waals surface area contributed by atoms with Crippen molar-refractivity contribution in [2.75, 3.05) is 0 Å². The van der Waals surface area contributed by atoms with Crippen LogP contribution >= 0.6 is 0 Å². The van der Waals surface area contributed by atoms with Gasteiger partial charge < -0.3 is 9.84 Å². The van der Waals surface area contributed by atoms with Crippen LogP contribution in [0.1, 0.15) is 5.56 Å². The van der Waals surface area contributed by atoms with Gasteiger partial charge in [-0.3, -0.25) is 0 Å². The molecule has 134 valence electrons. The van der Waals surface area contributed by atoms with E-state index in [9.17, 15) is 14.3 Å². The average Bonchev–Trinajstić information content (AvgIpc) is 3.06. The van der Waals surface area contributed by atoms with Crippen molar-refractivity contribution in [3.63, 3.8) is 0 Å². The van der Waals surface area contributed by atoms with Crippen LogP contribution in [0.5, 0.6) is 5.75 Å². The molecule has 0 spiro atoms. The topological polar surface area (TPSA) is 64.3 Å². The molecule has 2 heterocycles. The number of benzene rings is 2. The molecular weight excluding hydrogens is 347 g/mol. The number of carbonyl (C=O) groups is 1. The van der Waals surface area contributed by atoms with Crippen LogP contribution in [0.3, 0.4) is 0 Å². The molecule has 1 N–H and O–H groups in total. The van der Waals surface area contributed by atoms with Crippen LogP contribution in [-0.2, 0) is 6.61 Å². The monoisotopic (exact) mass is 362 g/mol. The lowest BCUT2D eigenvalue weighted by atomic mass is 10.2. The van der Waals surface area contributed by atoms with Crippen LogP contribution in [0.25, 0.3) is 22.2 Å². The number of aromatic nitrogens is 2. The lowest BCUT2D eigenvalue weighted by molar-refractivity contribution is 0.198. The second kappa shape index (κ2) is 6.92. The van der Waals surface area contributed by atoms with Gasteiger partial charge in [0.2, 0.25) is 5.95 Å². The molecule has 0 aliphatic heterocycles. The molecule has 0 bridgehead atoms. The van der Waals surface area contributed by atoms with Crippen molar-refractivity contribution in [3.8, 4) is 17.0 Å². The molecule has 0 aliphatic carbocycles. The van der Waals surface area contributed by atoms with E-state index >= 15 is 0 Å². The molecule has 0 saturated heterocycles. The number of carboxylic acid groups (broad SMARTS) is 1. The van der Waals surface area contributed by atoms with Gasteiger partial charge in [0.1, 0.15) is 12.4 Å². The predicted molar refractivity (Wildman–Crippen MR) is 99.3 cm³/mol. The second-order valence-corrected chi connectivity index (χ2v) is 6.01. The number of pyridine rings is 1. The zero-order chi connectivity index (χ0) is 18.8. The Morgan fingerprint density at radius 2 is 1.89 bits per heavy atom. The van der Waals surface area contributed by atoms with Crippen LogP contribution in [0, 0.1) is 5.95 Å². The van der Waals surface area contributed by atoms with Gasteiger partial charge >= 0.3 is 6.09 Å². The number of halogens is 1. The van der Waals surface area contributed by atoms with E-state index < -0.39 is 12.0 Å². The van der Waals surface area contributed by atoms with Crippen molar-refractivity contribution in [1.29, 1.82) is 0 Å². The Hall–Kier alpha value is -3.67. The first-order valence-electron chi connectivity index (χ1n) is 8.29. The van der Waals surface area contributed by atoms with E-state index in [4.69, 9.17) is 4.74 Å². The predicted octanol–water partition coefficient (Wildman–Crippen LogP) is 4.95. The summed E-state index contributed by atoms with van der Waals surface area (Å²) in [5.74, 6) is -0.0518. The third kappa shape index (κ3) is 3.37. The van der Waals surface area contributed by atoms with Crippen LogP contribution in [0.2, 0.25) is 0 Å². The average molecular weight is 362 g/mol. The molecule has 2 aromatic heterocycles. The first-order valence-corrected chi connectivity index (χ1v) is 8.29. The molecule has 2 aromatic carbocycles. The first kappa shape index (κ1) is 16.8. The van der Waals surface area contributed by atoms with Gasteiger partial charge in [-0.25, -0.2) is 14.3 Å².